The van der Waals surface area contributed by atoms with Crippen molar-refractivity contribution in [2.75, 3.05) is 33.5 Å². The normalized spacial score (nSPS) is 17.9. The quantitative estimate of drug-likeness (QED) is 0.285. The highest BCUT2D eigenvalue weighted by molar-refractivity contribution is 5.80. The van der Waals surface area contributed by atoms with E-state index in [9.17, 15) is 9.59 Å². The van der Waals surface area contributed by atoms with Gasteiger partial charge in [-0.15, -0.1) is 0 Å². The SMILES string of the molecule is CCC(C)(CC(C)(C)C(=O)OCC1CO1)C(=O)OCCO.CN=C=O. The lowest BCUT2D eigenvalue weighted by atomic mass is 9.72. The number of ether oxygens (including phenoxy) is 3. The van der Waals surface area contributed by atoms with Gasteiger partial charge in [0.1, 0.15) is 19.3 Å². The Bertz CT molecular complexity index is 481. The summed E-state index contributed by atoms with van der Waals surface area (Å²) in [5.41, 5.74) is -1.58. The van der Waals surface area contributed by atoms with Crippen molar-refractivity contribution >= 4 is 18.0 Å². The lowest BCUT2D eigenvalue weighted by molar-refractivity contribution is -0.164. The summed E-state index contributed by atoms with van der Waals surface area (Å²) in [5, 5.41) is 8.74. The first-order valence-corrected chi connectivity index (χ1v) is 8.19. The molecule has 0 amide bonds. The molecule has 0 saturated carbocycles. The number of rotatable bonds is 9. The highest BCUT2D eigenvalue weighted by atomic mass is 16.6. The highest BCUT2D eigenvalue weighted by Crippen LogP contribution is 2.38. The summed E-state index contributed by atoms with van der Waals surface area (Å²) in [4.78, 5) is 36.1. The fraction of sp³-hybridized carbons (Fsp3) is 0.824. The Hall–Kier alpha value is -1.76. The van der Waals surface area contributed by atoms with Gasteiger partial charge in [0.05, 0.1) is 24.0 Å². The first-order chi connectivity index (χ1) is 11.7. The van der Waals surface area contributed by atoms with Gasteiger partial charge >= 0.3 is 11.9 Å². The molecule has 0 aromatic rings. The maximum Gasteiger partial charge on any atom is 0.311 e. The number of nitrogens with zero attached hydrogens (tertiary/aromatic N) is 1. The molecule has 25 heavy (non-hydrogen) atoms. The monoisotopic (exact) mass is 359 g/mol. The second kappa shape index (κ2) is 11.0. The fourth-order valence-electron chi connectivity index (χ4n) is 2.23. The van der Waals surface area contributed by atoms with E-state index in [-0.39, 0.29) is 31.9 Å². The van der Waals surface area contributed by atoms with Crippen LogP contribution in [0.1, 0.15) is 40.5 Å². The minimum absolute atomic E-state index is 0.0248. The summed E-state index contributed by atoms with van der Waals surface area (Å²) in [6.45, 7) is 7.82. The van der Waals surface area contributed by atoms with E-state index in [4.69, 9.17) is 24.1 Å². The lowest BCUT2D eigenvalue weighted by Crippen LogP contribution is -2.39. The minimum Gasteiger partial charge on any atom is -0.463 e. The highest BCUT2D eigenvalue weighted by Gasteiger charge is 2.43. The van der Waals surface area contributed by atoms with Crippen LogP contribution in [0.5, 0.6) is 0 Å². The van der Waals surface area contributed by atoms with Crippen LogP contribution in [0, 0.1) is 10.8 Å². The molecule has 1 aliphatic heterocycles. The maximum atomic E-state index is 12.2. The number of epoxide rings is 1. The number of carbonyl (C=O) groups is 2. The van der Waals surface area contributed by atoms with E-state index in [2.05, 4.69) is 4.99 Å². The van der Waals surface area contributed by atoms with Gasteiger partial charge in [0, 0.05) is 7.05 Å². The van der Waals surface area contributed by atoms with Gasteiger partial charge in [0.25, 0.3) is 0 Å². The third kappa shape index (κ3) is 8.77. The molecule has 1 rings (SSSR count). The van der Waals surface area contributed by atoms with Crippen LogP contribution >= 0.6 is 0 Å². The second-order valence-electron chi connectivity index (χ2n) is 6.70. The molecule has 0 aliphatic carbocycles. The summed E-state index contributed by atoms with van der Waals surface area (Å²) in [6, 6.07) is 0. The van der Waals surface area contributed by atoms with E-state index in [0.717, 1.165) is 0 Å². The topological polar surface area (TPSA) is 115 Å². The molecule has 1 heterocycles. The van der Waals surface area contributed by atoms with Crippen LogP contribution in [0.2, 0.25) is 0 Å². The summed E-state index contributed by atoms with van der Waals surface area (Å²) >= 11 is 0. The van der Waals surface area contributed by atoms with Crippen molar-refractivity contribution in [1.29, 1.82) is 0 Å². The van der Waals surface area contributed by atoms with Crippen LogP contribution < -0.4 is 0 Å². The van der Waals surface area contributed by atoms with Gasteiger partial charge in [-0.25, -0.2) is 9.79 Å². The number of aliphatic hydroxyl groups excluding tert-OH is 1. The zero-order valence-corrected chi connectivity index (χ0v) is 15.7. The van der Waals surface area contributed by atoms with Gasteiger partial charge in [0.15, 0.2) is 0 Å². The average molecular weight is 359 g/mol. The molecular formula is C17H29NO7. The summed E-state index contributed by atoms with van der Waals surface area (Å²) in [7, 11) is 1.38. The van der Waals surface area contributed by atoms with Crippen LogP contribution in [0.15, 0.2) is 4.99 Å². The van der Waals surface area contributed by atoms with Gasteiger partial charge in [-0.05, 0) is 33.6 Å². The Morgan fingerprint density at radius 1 is 1.28 bits per heavy atom. The smallest absolute Gasteiger partial charge is 0.311 e. The molecule has 144 valence electrons. The van der Waals surface area contributed by atoms with Gasteiger partial charge in [-0.2, -0.15) is 0 Å². The molecule has 0 spiro atoms. The van der Waals surface area contributed by atoms with Crippen molar-refractivity contribution < 1.29 is 33.7 Å². The lowest BCUT2D eigenvalue weighted by Gasteiger charge is -2.33. The standard InChI is InChI=1S/C15H26O6.C2H3NO/c1-5-15(4,13(18)19-7-6-16)10-14(2,3)12(17)21-9-11-8-20-11;1-3-2-4/h11,16H,5-10H2,1-4H3;1H3. The maximum absolute atomic E-state index is 12.2. The molecule has 2 unspecified atom stereocenters. The second-order valence-corrected chi connectivity index (χ2v) is 6.70. The largest absolute Gasteiger partial charge is 0.463 e. The predicted octanol–water partition coefficient (Wildman–Crippen LogP) is 1.25. The molecule has 0 aromatic heterocycles. The first-order valence-electron chi connectivity index (χ1n) is 8.19. The number of esters is 2. The Balaban J connectivity index is 0.00000129. The third-order valence-electron chi connectivity index (χ3n) is 3.88. The molecule has 8 heteroatoms. The van der Waals surface area contributed by atoms with Crippen LogP contribution in [0.25, 0.3) is 0 Å². The Morgan fingerprint density at radius 3 is 2.24 bits per heavy atom. The Kier molecular flexibility index (Phi) is 10.2. The van der Waals surface area contributed by atoms with E-state index >= 15 is 0 Å². The van der Waals surface area contributed by atoms with Crippen molar-refractivity contribution in [2.45, 2.75) is 46.6 Å². The van der Waals surface area contributed by atoms with Gasteiger partial charge < -0.3 is 19.3 Å². The molecule has 1 saturated heterocycles. The summed E-state index contributed by atoms with van der Waals surface area (Å²) in [6.07, 6.45) is 2.20. The van der Waals surface area contributed by atoms with E-state index in [1.165, 1.54) is 13.1 Å². The average Bonchev–Trinajstić information content (AvgIpc) is 3.41. The number of hydrogen-bond acceptors (Lipinski definition) is 8. The summed E-state index contributed by atoms with van der Waals surface area (Å²) in [5.74, 6) is -0.738. The van der Waals surface area contributed by atoms with E-state index in [1.54, 1.807) is 20.8 Å². The van der Waals surface area contributed by atoms with E-state index < -0.39 is 16.8 Å². The van der Waals surface area contributed by atoms with Crippen LogP contribution in [-0.4, -0.2) is 62.7 Å². The molecule has 0 radical (unpaired) electrons. The Morgan fingerprint density at radius 2 is 1.84 bits per heavy atom. The fourth-order valence-corrected chi connectivity index (χ4v) is 2.23. The number of aliphatic imine (C=N–C) groups is 1. The zero-order chi connectivity index (χ0) is 19.5. The van der Waals surface area contributed by atoms with Gasteiger partial charge in [-0.3, -0.25) is 9.59 Å². The molecule has 0 bridgehead atoms. The minimum atomic E-state index is -0.794. The summed E-state index contributed by atoms with van der Waals surface area (Å²) < 4.78 is 15.2. The molecule has 2 atom stereocenters. The van der Waals surface area contributed by atoms with Crippen molar-refractivity contribution in [2.24, 2.45) is 15.8 Å². The number of aliphatic hydroxyl groups is 1. The number of carbonyl (C=O) groups excluding carboxylic acids is 3. The van der Waals surface area contributed by atoms with Crippen LogP contribution in [0.4, 0.5) is 0 Å². The Labute approximate surface area is 148 Å². The predicted molar refractivity (Wildman–Crippen MR) is 89.6 cm³/mol. The van der Waals surface area contributed by atoms with Crippen LogP contribution in [0.3, 0.4) is 0 Å². The number of isocyanates is 1. The van der Waals surface area contributed by atoms with Crippen molar-refractivity contribution in [3.63, 3.8) is 0 Å². The molecular weight excluding hydrogens is 330 g/mol. The molecule has 1 N–H and O–H groups in total. The van der Waals surface area contributed by atoms with Gasteiger partial charge in [-0.1, -0.05) is 6.92 Å². The molecule has 1 fully saturated rings. The van der Waals surface area contributed by atoms with E-state index in [1.807, 2.05) is 6.92 Å². The van der Waals surface area contributed by atoms with Gasteiger partial charge in [0.2, 0.25) is 6.08 Å². The third-order valence-corrected chi connectivity index (χ3v) is 3.88. The molecule has 1 aliphatic rings. The van der Waals surface area contributed by atoms with E-state index in [0.29, 0.717) is 19.4 Å². The number of hydrogen-bond donors (Lipinski definition) is 1. The zero-order valence-electron chi connectivity index (χ0n) is 15.7. The van der Waals surface area contributed by atoms with Crippen molar-refractivity contribution in [1.82, 2.24) is 0 Å². The van der Waals surface area contributed by atoms with Crippen molar-refractivity contribution in [3.8, 4) is 0 Å². The first kappa shape index (κ1) is 23.2. The molecule has 0 aromatic carbocycles. The van der Waals surface area contributed by atoms with Crippen molar-refractivity contribution in [3.05, 3.63) is 0 Å². The van der Waals surface area contributed by atoms with Crippen LogP contribution in [-0.2, 0) is 28.6 Å². The molecule has 8 nitrogen and oxygen atoms in total.